The van der Waals surface area contributed by atoms with Crippen LogP contribution in [0.15, 0.2) is 53.4 Å². The second kappa shape index (κ2) is 6.91. The monoisotopic (exact) mass is 289 g/mol. The van der Waals surface area contributed by atoms with Crippen LogP contribution in [0.3, 0.4) is 0 Å². The van der Waals surface area contributed by atoms with Crippen molar-refractivity contribution in [3.05, 3.63) is 65.5 Å². The van der Waals surface area contributed by atoms with Gasteiger partial charge in [0, 0.05) is 16.2 Å². The average molecular weight is 289 g/mol. The van der Waals surface area contributed by atoms with Crippen LogP contribution in [0.1, 0.15) is 29.7 Å². The highest BCUT2D eigenvalue weighted by atomic mass is 32.2. The molecule has 0 aliphatic carbocycles. The van der Waals surface area contributed by atoms with Crippen LogP contribution in [0.4, 0.5) is 4.39 Å². The molecule has 1 nitrogen and oxygen atoms in total. The van der Waals surface area contributed by atoms with Gasteiger partial charge < -0.3 is 5.73 Å². The highest BCUT2D eigenvalue weighted by Gasteiger charge is 2.19. The second-order valence-electron chi connectivity index (χ2n) is 4.98. The van der Waals surface area contributed by atoms with Crippen molar-refractivity contribution in [3.8, 4) is 0 Å². The normalized spacial score (nSPS) is 14.0. The molecule has 0 aliphatic rings. The van der Waals surface area contributed by atoms with Crippen molar-refractivity contribution in [1.29, 1.82) is 0 Å². The van der Waals surface area contributed by atoms with Gasteiger partial charge in [0.15, 0.2) is 0 Å². The van der Waals surface area contributed by atoms with Gasteiger partial charge in [-0.15, -0.1) is 11.8 Å². The average Bonchev–Trinajstić information content (AvgIpc) is 2.47. The standard InChI is InChI=1S/C17H20FNS/c1-3-16(19)17(13-6-8-14(18)9-7-13)20-15-10-4-12(2)5-11-15/h4-11,16-17H,3,19H2,1-2H3. The van der Waals surface area contributed by atoms with Crippen molar-refractivity contribution in [3.63, 3.8) is 0 Å². The van der Waals surface area contributed by atoms with Gasteiger partial charge in [-0.25, -0.2) is 4.39 Å². The van der Waals surface area contributed by atoms with E-state index in [9.17, 15) is 4.39 Å². The molecule has 106 valence electrons. The van der Waals surface area contributed by atoms with Crippen molar-refractivity contribution in [2.45, 2.75) is 36.5 Å². The third kappa shape index (κ3) is 3.84. The first-order valence-electron chi connectivity index (χ1n) is 6.84. The van der Waals surface area contributed by atoms with Gasteiger partial charge in [0.2, 0.25) is 0 Å². The van der Waals surface area contributed by atoms with E-state index in [1.807, 2.05) is 12.1 Å². The van der Waals surface area contributed by atoms with E-state index in [0.29, 0.717) is 0 Å². The molecule has 0 spiro atoms. The number of hydrogen-bond donors (Lipinski definition) is 1. The fourth-order valence-corrected chi connectivity index (χ4v) is 3.28. The highest BCUT2D eigenvalue weighted by Crippen LogP contribution is 2.38. The molecule has 2 rings (SSSR count). The summed E-state index contributed by atoms with van der Waals surface area (Å²) in [6.07, 6.45) is 0.890. The molecule has 0 saturated carbocycles. The SMILES string of the molecule is CCC(N)C(Sc1ccc(C)cc1)c1ccc(F)cc1. The Balaban J connectivity index is 2.23. The van der Waals surface area contributed by atoms with E-state index in [0.717, 1.165) is 12.0 Å². The van der Waals surface area contributed by atoms with Crippen LogP contribution >= 0.6 is 11.8 Å². The lowest BCUT2D eigenvalue weighted by Gasteiger charge is -2.23. The van der Waals surface area contributed by atoms with Gasteiger partial charge in [-0.2, -0.15) is 0 Å². The number of aryl methyl sites for hydroxylation is 1. The number of halogens is 1. The zero-order valence-electron chi connectivity index (χ0n) is 11.8. The Labute approximate surface area is 124 Å². The van der Waals surface area contributed by atoms with Gasteiger partial charge in [0.05, 0.1) is 0 Å². The predicted octanol–water partition coefficient (Wildman–Crippen LogP) is 4.70. The summed E-state index contributed by atoms with van der Waals surface area (Å²) in [5.41, 5.74) is 8.57. The van der Waals surface area contributed by atoms with Gasteiger partial charge in [0.25, 0.3) is 0 Å². The maximum Gasteiger partial charge on any atom is 0.123 e. The summed E-state index contributed by atoms with van der Waals surface area (Å²) in [5, 5.41) is 0.142. The molecular weight excluding hydrogens is 269 g/mol. The first kappa shape index (κ1) is 15.1. The lowest BCUT2D eigenvalue weighted by molar-refractivity contribution is 0.618. The van der Waals surface area contributed by atoms with E-state index in [-0.39, 0.29) is 17.1 Å². The molecule has 2 aromatic carbocycles. The predicted molar refractivity (Wildman–Crippen MR) is 84.4 cm³/mol. The molecule has 3 heteroatoms. The fraction of sp³-hybridized carbons (Fsp3) is 0.294. The summed E-state index contributed by atoms with van der Waals surface area (Å²) in [5.74, 6) is -0.210. The third-order valence-corrected chi connectivity index (χ3v) is 4.76. The quantitative estimate of drug-likeness (QED) is 0.807. The van der Waals surface area contributed by atoms with Gasteiger partial charge in [-0.1, -0.05) is 36.8 Å². The fourth-order valence-electron chi connectivity index (χ4n) is 2.03. The summed E-state index contributed by atoms with van der Waals surface area (Å²) < 4.78 is 13.1. The van der Waals surface area contributed by atoms with Crippen molar-refractivity contribution in [1.82, 2.24) is 0 Å². The zero-order valence-corrected chi connectivity index (χ0v) is 12.7. The molecule has 20 heavy (non-hydrogen) atoms. The maximum atomic E-state index is 13.1. The summed E-state index contributed by atoms with van der Waals surface area (Å²) in [6, 6.07) is 15.1. The Morgan fingerprint density at radius 2 is 1.65 bits per heavy atom. The van der Waals surface area contributed by atoms with E-state index >= 15 is 0 Å². The number of thioether (sulfide) groups is 1. The Kier molecular flexibility index (Phi) is 5.21. The molecule has 0 radical (unpaired) electrons. The lowest BCUT2D eigenvalue weighted by Crippen LogP contribution is -2.25. The molecule has 2 atom stereocenters. The largest absolute Gasteiger partial charge is 0.326 e. The highest BCUT2D eigenvalue weighted by molar-refractivity contribution is 7.99. The van der Waals surface area contributed by atoms with E-state index in [4.69, 9.17) is 5.73 Å². The van der Waals surface area contributed by atoms with Crippen LogP contribution in [-0.2, 0) is 0 Å². The van der Waals surface area contributed by atoms with E-state index < -0.39 is 0 Å². The Morgan fingerprint density at radius 3 is 2.20 bits per heavy atom. The molecule has 2 unspecified atom stereocenters. The molecule has 0 aromatic heterocycles. The van der Waals surface area contributed by atoms with Crippen LogP contribution in [0.25, 0.3) is 0 Å². The second-order valence-corrected chi connectivity index (χ2v) is 6.19. The first-order valence-corrected chi connectivity index (χ1v) is 7.72. The van der Waals surface area contributed by atoms with Crippen LogP contribution in [-0.4, -0.2) is 6.04 Å². The molecule has 0 heterocycles. The van der Waals surface area contributed by atoms with Gasteiger partial charge in [-0.05, 0) is 43.2 Å². The number of rotatable bonds is 5. The zero-order chi connectivity index (χ0) is 14.5. The first-order chi connectivity index (χ1) is 9.60. The molecule has 0 bridgehead atoms. The van der Waals surface area contributed by atoms with Crippen LogP contribution in [0.2, 0.25) is 0 Å². The minimum absolute atomic E-state index is 0.0479. The van der Waals surface area contributed by atoms with E-state index in [1.165, 1.54) is 22.6 Å². The molecule has 0 amide bonds. The minimum Gasteiger partial charge on any atom is -0.326 e. The number of nitrogens with two attached hydrogens (primary N) is 1. The lowest BCUT2D eigenvalue weighted by atomic mass is 10.0. The third-order valence-electron chi connectivity index (χ3n) is 3.34. The summed E-state index contributed by atoms with van der Waals surface area (Å²) in [4.78, 5) is 1.19. The van der Waals surface area contributed by atoms with Gasteiger partial charge in [-0.3, -0.25) is 0 Å². The van der Waals surface area contributed by atoms with Crippen molar-refractivity contribution in [2.75, 3.05) is 0 Å². The Bertz CT molecular complexity index is 536. The Morgan fingerprint density at radius 1 is 1.05 bits per heavy atom. The van der Waals surface area contributed by atoms with Crippen LogP contribution in [0.5, 0.6) is 0 Å². The smallest absolute Gasteiger partial charge is 0.123 e. The number of hydrogen-bond acceptors (Lipinski definition) is 2. The molecule has 0 saturated heterocycles. The van der Waals surface area contributed by atoms with Gasteiger partial charge >= 0.3 is 0 Å². The van der Waals surface area contributed by atoms with Crippen LogP contribution in [0, 0.1) is 12.7 Å². The van der Waals surface area contributed by atoms with Crippen LogP contribution < -0.4 is 5.73 Å². The number of benzene rings is 2. The summed E-state index contributed by atoms with van der Waals surface area (Å²) in [7, 11) is 0. The topological polar surface area (TPSA) is 26.0 Å². The van der Waals surface area contributed by atoms with E-state index in [2.05, 4.69) is 38.1 Å². The van der Waals surface area contributed by atoms with E-state index in [1.54, 1.807) is 11.8 Å². The van der Waals surface area contributed by atoms with Crippen molar-refractivity contribution in [2.24, 2.45) is 5.73 Å². The van der Waals surface area contributed by atoms with Crippen molar-refractivity contribution >= 4 is 11.8 Å². The molecule has 0 fully saturated rings. The molecule has 2 N–H and O–H groups in total. The minimum atomic E-state index is -0.210. The summed E-state index contributed by atoms with van der Waals surface area (Å²) in [6.45, 7) is 4.15. The molecule has 2 aromatic rings. The Hall–Kier alpha value is -1.32. The molecule has 0 aliphatic heterocycles. The van der Waals surface area contributed by atoms with Gasteiger partial charge in [0.1, 0.15) is 5.82 Å². The van der Waals surface area contributed by atoms with Crippen molar-refractivity contribution < 1.29 is 4.39 Å². The summed E-state index contributed by atoms with van der Waals surface area (Å²) >= 11 is 1.74. The maximum absolute atomic E-state index is 13.1. The molecular formula is C17H20FNS.